The summed E-state index contributed by atoms with van der Waals surface area (Å²) < 4.78 is 10.0. The Bertz CT molecular complexity index is 802. The largest absolute Gasteiger partial charge is 0.507 e. The number of hydrogen-bond acceptors (Lipinski definition) is 5. The molecule has 6 nitrogen and oxygen atoms in total. The van der Waals surface area contributed by atoms with Crippen LogP contribution in [0.3, 0.4) is 0 Å². The second-order valence-corrected chi connectivity index (χ2v) is 5.79. The zero-order valence-corrected chi connectivity index (χ0v) is 13.9. The van der Waals surface area contributed by atoms with Crippen LogP contribution in [0.4, 0.5) is 0 Å². The van der Waals surface area contributed by atoms with E-state index in [1.165, 1.54) is 24.8 Å². The van der Waals surface area contributed by atoms with Crippen LogP contribution in [0.1, 0.15) is 21.5 Å². The number of carbonyl (C=O) groups is 2. The minimum absolute atomic E-state index is 0.00223. The highest BCUT2D eigenvalue weighted by molar-refractivity contribution is 5.94. The van der Waals surface area contributed by atoms with Crippen molar-refractivity contribution in [3.8, 4) is 11.5 Å². The molecular weight excluding hydrogens is 322 g/mol. The van der Waals surface area contributed by atoms with Gasteiger partial charge in [-0.05, 0) is 29.7 Å². The molecule has 0 radical (unpaired) electrons. The fourth-order valence-corrected chi connectivity index (χ4v) is 2.82. The number of esters is 1. The van der Waals surface area contributed by atoms with Gasteiger partial charge in [-0.1, -0.05) is 24.3 Å². The maximum absolute atomic E-state index is 12.3. The Labute approximate surface area is 145 Å². The lowest BCUT2D eigenvalue weighted by Gasteiger charge is -2.28. The topological polar surface area (TPSA) is 76.1 Å². The Kier molecular flexibility index (Phi) is 4.88. The van der Waals surface area contributed by atoms with Crippen molar-refractivity contribution in [3.63, 3.8) is 0 Å². The van der Waals surface area contributed by atoms with Gasteiger partial charge >= 0.3 is 5.97 Å². The Morgan fingerprint density at radius 2 is 1.92 bits per heavy atom. The summed E-state index contributed by atoms with van der Waals surface area (Å²) >= 11 is 0. The third kappa shape index (κ3) is 3.74. The van der Waals surface area contributed by atoms with Crippen LogP contribution in [0.15, 0.2) is 42.5 Å². The molecule has 2 aromatic rings. The van der Waals surface area contributed by atoms with E-state index in [1.807, 2.05) is 18.2 Å². The molecule has 1 aliphatic rings. The first-order chi connectivity index (χ1) is 12.1. The number of amides is 1. The smallest absolute Gasteiger partial charge is 0.342 e. The fourth-order valence-electron chi connectivity index (χ4n) is 2.82. The number of fused-ring (bicyclic) bond motifs is 1. The van der Waals surface area contributed by atoms with Crippen molar-refractivity contribution in [1.29, 1.82) is 0 Å². The van der Waals surface area contributed by atoms with E-state index in [0.717, 1.165) is 12.0 Å². The van der Waals surface area contributed by atoms with E-state index in [4.69, 9.17) is 9.47 Å². The number of ether oxygens (including phenoxy) is 2. The maximum Gasteiger partial charge on any atom is 0.342 e. The zero-order valence-electron chi connectivity index (χ0n) is 13.9. The minimum Gasteiger partial charge on any atom is -0.507 e. The minimum atomic E-state index is -0.745. The van der Waals surface area contributed by atoms with E-state index >= 15 is 0 Å². The fraction of sp³-hybridized carbons (Fsp3) is 0.263. The van der Waals surface area contributed by atoms with Gasteiger partial charge in [0.25, 0.3) is 5.91 Å². The van der Waals surface area contributed by atoms with Crippen molar-refractivity contribution in [2.45, 2.75) is 13.0 Å². The number of phenols is 1. The maximum atomic E-state index is 12.3. The van der Waals surface area contributed by atoms with E-state index in [9.17, 15) is 14.7 Å². The lowest BCUT2D eigenvalue weighted by atomic mass is 10.00. The summed E-state index contributed by atoms with van der Waals surface area (Å²) in [5, 5.41) is 9.84. The molecule has 25 heavy (non-hydrogen) atoms. The van der Waals surface area contributed by atoms with Crippen LogP contribution in [-0.4, -0.2) is 42.1 Å². The molecule has 1 aliphatic heterocycles. The lowest BCUT2D eigenvalue weighted by molar-refractivity contribution is -0.135. The van der Waals surface area contributed by atoms with Gasteiger partial charge in [0.05, 0.1) is 7.11 Å². The Hall–Kier alpha value is -3.02. The predicted octanol–water partition coefficient (Wildman–Crippen LogP) is 2.14. The molecule has 1 amide bonds. The van der Waals surface area contributed by atoms with Crippen molar-refractivity contribution in [3.05, 3.63) is 59.2 Å². The van der Waals surface area contributed by atoms with Crippen LogP contribution >= 0.6 is 0 Å². The molecule has 1 heterocycles. The Morgan fingerprint density at radius 3 is 2.64 bits per heavy atom. The number of methoxy groups -OCH3 is 1. The van der Waals surface area contributed by atoms with Crippen molar-refractivity contribution in [1.82, 2.24) is 4.90 Å². The Balaban J connectivity index is 1.58. The molecule has 0 fully saturated rings. The molecule has 0 atom stereocenters. The summed E-state index contributed by atoms with van der Waals surface area (Å²) in [6.07, 6.45) is 0.787. The van der Waals surface area contributed by atoms with E-state index in [1.54, 1.807) is 11.0 Å². The lowest BCUT2D eigenvalue weighted by Crippen LogP contribution is -2.38. The summed E-state index contributed by atoms with van der Waals surface area (Å²) in [5.74, 6) is -0.817. The van der Waals surface area contributed by atoms with E-state index in [-0.39, 0.29) is 23.8 Å². The molecule has 6 heteroatoms. The molecule has 3 rings (SSSR count). The average Bonchev–Trinajstić information content (AvgIpc) is 2.65. The van der Waals surface area contributed by atoms with Gasteiger partial charge in [0, 0.05) is 19.2 Å². The van der Waals surface area contributed by atoms with Gasteiger partial charge in [-0.2, -0.15) is 0 Å². The van der Waals surface area contributed by atoms with Crippen LogP contribution in [0, 0.1) is 0 Å². The second-order valence-electron chi connectivity index (χ2n) is 5.79. The number of nitrogens with zero attached hydrogens (tertiary/aromatic N) is 1. The molecule has 0 saturated carbocycles. The van der Waals surface area contributed by atoms with Gasteiger partial charge in [-0.15, -0.1) is 0 Å². The first-order valence-electron chi connectivity index (χ1n) is 7.97. The van der Waals surface area contributed by atoms with Crippen molar-refractivity contribution in [2.75, 3.05) is 20.3 Å². The third-order valence-electron chi connectivity index (χ3n) is 4.23. The van der Waals surface area contributed by atoms with Gasteiger partial charge in [-0.25, -0.2) is 4.79 Å². The van der Waals surface area contributed by atoms with E-state index < -0.39 is 5.97 Å². The highest BCUT2D eigenvalue weighted by Crippen LogP contribution is 2.24. The van der Waals surface area contributed by atoms with Crippen LogP contribution in [0.5, 0.6) is 11.5 Å². The zero-order chi connectivity index (χ0) is 17.8. The third-order valence-corrected chi connectivity index (χ3v) is 4.23. The van der Waals surface area contributed by atoms with Crippen molar-refractivity contribution in [2.24, 2.45) is 0 Å². The van der Waals surface area contributed by atoms with Gasteiger partial charge in [0.2, 0.25) is 0 Å². The molecule has 130 valence electrons. The number of rotatable bonds is 4. The molecule has 2 aromatic carbocycles. The predicted molar refractivity (Wildman–Crippen MR) is 90.5 cm³/mol. The van der Waals surface area contributed by atoms with Crippen LogP contribution < -0.4 is 4.74 Å². The van der Waals surface area contributed by atoms with Gasteiger partial charge < -0.3 is 19.5 Å². The van der Waals surface area contributed by atoms with E-state index in [2.05, 4.69) is 6.07 Å². The normalized spacial score (nSPS) is 13.1. The van der Waals surface area contributed by atoms with Crippen LogP contribution in [-0.2, 0) is 22.5 Å². The van der Waals surface area contributed by atoms with Crippen molar-refractivity contribution < 1.29 is 24.2 Å². The summed E-state index contributed by atoms with van der Waals surface area (Å²) in [7, 11) is 1.46. The molecule has 0 aromatic heterocycles. The number of aromatic hydroxyl groups is 1. The highest BCUT2D eigenvalue weighted by Gasteiger charge is 2.22. The molecule has 1 N–H and O–H groups in total. The van der Waals surface area contributed by atoms with Gasteiger partial charge in [0.15, 0.2) is 6.61 Å². The highest BCUT2D eigenvalue weighted by atomic mass is 16.5. The molecule has 0 saturated heterocycles. The number of benzene rings is 2. The summed E-state index contributed by atoms with van der Waals surface area (Å²) in [6, 6.07) is 12.2. The first-order valence-corrected chi connectivity index (χ1v) is 7.97. The monoisotopic (exact) mass is 341 g/mol. The molecular formula is C19H19NO5. The molecule has 0 aliphatic carbocycles. The number of phenolic OH excluding ortho intramolecular Hbond substituents is 1. The van der Waals surface area contributed by atoms with Gasteiger partial charge in [0.1, 0.15) is 17.1 Å². The van der Waals surface area contributed by atoms with E-state index in [0.29, 0.717) is 18.8 Å². The summed E-state index contributed by atoms with van der Waals surface area (Å²) in [5.41, 5.74) is 2.35. The number of carbonyl (C=O) groups excluding carboxylic acids is 2. The SMILES string of the molecule is COc1ccc(C(=O)OCC(=O)N2CCc3ccccc3C2)c(O)c1. The standard InChI is InChI=1S/C19H19NO5/c1-24-15-6-7-16(17(21)10-15)19(23)25-12-18(22)20-9-8-13-4-2-3-5-14(13)11-20/h2-7,10,21H,8-9,11-12H2,1H3. The second kappa shape index (κ2) is 7.25. The molecule has 0 bridgehead atoms. The van der Waals surface area contributed by atoms with Crippen LogP contribution in [0.25, 0.3) is 0 Å². The quantitative estimate of drug-likeness (QED) is 0.863. The average molecular weight is 341 g/mol. The molecule has 0 unspecified atom stereocenters. The van der Waals surface area contributed by atoms with Crippen molar-refractivity contribution >= 4 is 11.9 Å². The first kappa shape index (κ1) is 16.8. The number of hydrogen-bond donors (Lipinski definition) is 1. The van der Waals surface area contributed by atoms with Gasteiger partial charge in [-0.3, -0.25) is 4.79 Å². The summed E-state index contributed by atoms with van der Waals surface area (Å²) in [6.45, 7) is 0.758. The molecule has 0 spiro atoms. The van der Waals surface area contributed by atoms with Crippen LogP contribution in [0.2, 0.25) is 0 Å². The summed E-state index contributed by atoms with van der Waals surface area (Å²) in [4.78, 5) is 26.0. The Morgan fingerprint density at radius 1 is 1.16 bits per heavy atom.